The van der Waals surface area contributed by atoms with E-state index in [0.29, 0.717) is 24.2 Å². The van der Waals surface area contributed by atoms with Crippen LogP contribution >= 0.6 is 12.4 Å². The number of benzene rings is 1. The average Bonchev–Trinajstić information content (AvgIpc) is 2.46. The molecule has 0 aliphatic carbocycles. The number of methoxy groups -OCH3 is 1. The lowest BCUT2D eigenvalue weighted by molar-refractivity contribution is 0.0599. The van der Waals surface area contributed by atoms with E-state index in [1.807, 2.05) is 0 Å². The maximum atomic E-state index is 12.2. The number of likely N-dealkylation sites (tertiary alicyclic amines) is 1. The number of carbonyl (C=O) groups excluding carboxylic acids is 2. The Hall–Kier alpha value is -1.59. The largest absolute Gasteiger partial charge is 0.465 e. The summed E-state index contributed by atoms with van der Waals surface area (Å²) in [5, 5.41) is 0. The fourth-order valence-electron chi connectivity index (χ4n) is 2.15. The maximum Gasteiger partial charge on any atom is 0.337 e. The van der Waals surface area contributed by atoms with Crippen molar-refractivity contribution in [1.82, 2.24) is 4.90 Å². The van der Waals surface area contributed by atoms with E-state index >= 15 is 0 Å². The molecule has 1 aliphatic heterocycles. The molecule has 0 bridgehead atoms. The predicted octanol–water partition coefficient (Wildman–Crippen LogP) is 1.46. The molecule has 2 N–H and O–H groups in total. The lowest BCUT2D eigenvalue weighted by atomic mass is 10.0. The molecule has 0 spiro atoms. The summed E-state index contributed by atoms with van der Waals surface area (Å²) in [5.74, 6) is -0.411. The highest BCUT2D eigenvalue weighted by atomic mass is 35.5. The number of halogens is 1. The molecule has 1 aliphatic rings. The molecule has 0 unspecified atom stereocenters. The second-order valence-electron chi connectivity index (χ2n) is 4.70. The normalized spacial score (nSPS) is 15.4. The molecular weight excluding hydrogens is 280 g/mol. The van der Waals surface area contributed by atoms with Gasteiger partial charge >= 0.3 is 5.97 Å². The topological polar surface area (TPSA) is 72.6 Å². The van der Waals surface area contributed by atoms with Gasteiger partial charge in [-0.25, -0.2) is 4.79 Å². The van der Waals surface area contributed by atoms with Crippen molar-refractivity contribution in [2.24, 2.45) is 5.73 Å². The van der Waals surface area contributed by atoms with Crippen molar-refractivity contribution in [3.8, 4) is 0 Å². The Labute approximate surface area is 124 Å². The summed E-state index contributed by atoms with van der Waals surface area (Å²) in [5.41, 5.74) is 6.85. The van der Waals surface area contributed by atoms with Gasteiger partial charge in [0.15, 0.2) is 0 Å². The molecule has 0 saturated carbocycles. The Balaban J connectivity index is 0.00000200. The summed E-state index contributed by atoms with van der Waals surface area (Å²) in [4.78, 5) is 25.3. The van der Waals surface area contributed by atoms with Crippen molar-refractivity contribution in [2.75, 3.05) is 20.2 Å². The van der Waals surface area contributed by atoms with Crippen LogP contribution in [0.5, 0.6) is 0 Å². The minimum atomic E-state index is -0.400. The highest BCUT2D eigenvalue weighted by Crippen LogP contribution is 2.13. The van der Waals surface area contributed by atoms with Crippen molar-refractivity contribution >= 4 is 24.3 Å². The van der Waals surface area contributed by atoms with Crippen molar-refractivity contribution in [1.29, 1.82) is 0 Å². The number of amides is 1. The number of hydrogen-bond acceptors (Lipinski definition) is 4. The molecule has 0 radical (unpaired) electrons. The van der Waals surface area contributed by atoms with Crippen molar-refractivity contribution in [3.63, 3.8) is 0 Å². The number of ether oxygens (including phenoxy) is 1. The zero-order valence-electron chi connectivity index (χ0n) is 11.4. The molecule has 1 amide bonds. The molecule has 1 aromatic carbocycles. The van der Waals surface area contributed by atoms with Crippen molar-refractivity contribution < 1.29 is 14.3 Å². The minimum absolute atomic E-state index is 0. The Morgan fingerprint density at radius 2 is 1.65 bits per heavy atom. The van der Waals surface area contributed by atoms with Crippen LogP contribution in [0.4, 0.5) is 0 Å². The molecule has 5 nitrogen and oxygen atoms in total. The van der Waals surface area contributed by atoms with Gasteiger partial charge in [-0.15, -0.1) is 12.4 Å². The zero-order valence-corrected chi connectivity index (χ0v) is 12.2. The molecule has 110 valence electrons. The van der Waals surface area contributed by atoms with Gasteiger partial charge in [0.25, 0.3) is 5.91 Å². The highest BCUT2D eigenvalue weighted by molar-refractivity contribution is 5.96. The smallest absolute Gasteiger partial charge is 0.337 e. The van der Waals surface area contributed by atoms with Crippen LogP contribution in [-0.4, -0.2) is 43.0 Å². The van der Waals surface area contributed by atoms with E-state index in [2.05, 4.69) is 4.74 Å². The predicted molar refractivity (Wildman–Crippen MR) is 78.1 cm³/mol. The summed E-state index contributed by atoms with van der Waals surface area (Å²) < 4.78 is 4.62. The number of piperidine rings is 1. The standard InChI is InChI=1S/C14H18N2O3.ClH/c1-19-14(18)11-4-2-10(3-5-11)13(17)16-8-6-12(15)7-9-16;/h2-5,12H,6-9,15H2,1H3;1H. The summed E-state index contributed by atoms with van der Waals surface area (Å²) in [6, 6.07) is 6.72. The third-order valence-electron chi connectivity index (χ3n) is 3.38. The molecule has 1 aromatic rings. The number of nitrogens with zero attached hydrogens (tertiary/aromatic N) is 1. The Bertz CT molecular complexity index is 468. The summed E-state index contributed by atoms with van der Waals surface area (Å²) in [6.07, 6.45) is 1.68. The maximum absolute atomic E-state index is 12.2. The number of carbonyl (C=O) groups is 2. The highest BCUT2D eigenvalue weighted by Gasteiger charge is 2.21. The van der Waals surface area contributed by atoms with Crippen LogP contribution in [0.3, 0.4) is 0 Å². The fraction of sp³-hybridized carbons (Fsp3) is 0.429. The van der Waals surface area contributed by atoms with Crippen molar-refractivity contribution in [2.45, 2.75) is 18.9 Å². The molecule has 0 atom stereocenters. The second-order valence-corrected chi connectivity index (χ2v) is 4.70. The SMILES string of the molecule is COC(=O)c1ccc(C(=O)N2CCC(N)CC2)cc1.Cl. The second kappa shape index (κ2) is 7.26. The first-order valence-electron chi connectivity index (χ1n) is 6.35. The first-order chi connectivity index (χ1) is 9.11. The van der Waals surface area contributed by atoms with Gasteiger partial charge in [0.1, 0.15) is 0 Å². The van der Waals surface area contributed by atoms with Gasteiger partial charge in [-0.3, -0.25) is 4.79 Å². The molecule has 0 aromatic heterocycles. The van der Waals surface area contributed by atoms with Gasteiger partial charge < -0.3 is 15.4 Å². The van der Waals surface area contributed by atoms with Gasteiger partial charge in [0.2, 0.25) is 0 Å². The Morgan fingerprint density at radius 1 is 1.15 bits per heavy atom. The first-order valence-corrected chi connectivity index (χ1v) is 6.35. The van der Waals surface area contributed by atoms with E-state index in [1.54, 1.807) is 29.2 Å². The third kappa shape index (κ3) is 3.71. The van der Waals surface area contributed by atoms with Crippen LogP contribution in [-0.2, 0) is 4.74 Å². The van der Waals surface area contributed by atoms with Crippen LogP contribution in [0, 0.1) is 0 Å². The number of esters is 1. The van der Waals surface area contributed by atoms with Crippen LogP contribution in [0.15, 0.2) is 24.3 Å². The van der Waals surface area contributed by atoms with Gasteiger partial charge in [-0.05, 0) is 37.1 Å². The van der Waals surface area contributed by atoms with E-state index in [-0.39, 0.29) is 24.4 Å². The molecule has 20 heavy (non-hydrogen) atoms. The van der Waals surface area contributed by atoms with E-state index in [4.69, 9.17) is 5.73 Å². The summed E-state index contributed by atoms with van der Waals surface area (Å²) in [7, 11) is 1.33. The molecular formula is C14H19ClN2O3. The molecule has 2 rings (SSSR count). The number of nitrogens with two attached hydrogens (primary N) is 1. The molecule has 6 heteroatoms. The van der Waals surface area contributed by atoms with Crippen LogP contribution in [0.2, 0.25) is 0 Å². The fourth-order valence-corrected chi connectivity index (χ4v) is 2.15. The molecule has 1 heterocycles. The van der Waals surface area contributed by atoms with E-state index in [1.165, 1.54) is 7.11 Å². The summed E-state index contributed by atoms with van der Waals surface area (Å²) in [6.45, 7) is 1.39. The van der Waals surface area contributed by atoms with E-state index < -0.39 is 5.97 Å². The lowest BCUT2D eigenvalue weighted by Gasteiger charge is -2.30. The lowest BCUT2D eigenvalue weighted by Crippen LogP contribution is -2.42. The minimum Gasteiger partial charge on any atom is -0.465 e. The van der Waals surface area contributed by atoms with Gasteiger partial charge in [0.05, 0.1) is 12.7 Å². The first kappa shape index (κ1) is 16.5. The van der Waals surface area contributed by atoms with Crippen molar-refractivity contribution in [3.05, 3.63) is 35.4 Å². The molecule has 1 fully saturated rings. The quantitative estimate of drug-likeness (QED) is 0.839. The van der Waals surface area contributed by atoms with Gasteiger partial charge in [-0.2, -0.15) is 0 Å². The average molecular weight is 299 g/mol. The van der Waals surface area contributed by atoms with Crippen LogP contribution in [0.1, 0.15) is 33.6 Å². The van der Waals surface area contributed by atoms with Gasteiger partial charge in [-0.1, -0.05) is 0 Å². The Morgan fingerprint density at radius 3 is 2.15 bits per heavy atom. The molecule has 1 saturated heterocycles. The van der Waals surface area contributed by atoms with E-state index in [0.717, 1.165) is 12.8 Å². The number of hydrogen-bond donors (Lipinski definition) is 1. The third-order valence-corrected chi connectivity index (χ3v) is 3.38. The van der Waals surface area contributed by atoms with Gasteiger partial charge in [0, 0.05) is 24.7 Å². The zero-order chi connectivity index (χ0) is 13.8. The summed E-state index contributed by atoms with van der Waals surface area (Å²) >= 11 is 0. The van der Waals surface area contributed by atoms with Crippen LogP contribution < -0.4 is 5.73 Å². The van der Waals surface area contributed by atoms with E-state index in [9.17, 15) is 9.59 Å². The number of rotatable bonds is 2. The van der Waals surface area contributed by atoms with Crippen LogP contribution in [0.25, 0.3) is 0 Å². The Kier molecular flexibility index (Phi) is 5.98. The monoisotopic (exact) mass is 298 g/mol.